The Labute approximate surface area is 95.4 Å². The van der Waals surface area contributed by atoms with Crippen LogP contribution >= 0.6 is 0 Å². The van der Waals surface area contributed by atoms with Crippen LogP contribution in [0.1, 0.15) is 18.9 Å². The highest BCUT2D eigenvalue weighted by atomic mass is 16.5. The van der Waals surface area contributed by atoms with E-state index in [1.165, 1.54) is 6.08 Å². The molecular weight excluding hydrogens is 204 g/mol. The molecule has 0 spiro atoms. The Kier molecular flexibility index (Phi) is 5.12. The third kappa shape index (κ3) is 4.64. The third-order valence-electron chi connectivity index (χ3n) is 2.07. The van der Waals surface area contributed by atoms with Crippen molar-refractivity contribution in [1.82, 2.24) is 0 Å². The van der Waals surface area contributed by atoms with E-state index in [0.717, 1.165) is 24.2 Å². The first-order valence-electron chi connectivity index (χ1n) is 5.33. The van der Waals surface area contributed by atoms with Crippen molar-refractivity contribution in [3.63, 3.8) is 0 Å². The number of carboxylic acid groups (broad SMARTS) is 1. The van der Waals surface area contributed by atoms with Crippen LogP contribution < -0.4 is 4.74 Å². The summed E-state index contributed by atoms with van der Waals surface area (Å²) in [5.41, 5.74) is 1.15. The second-order valence-corrected chi connectivity index (χ2v) is 3.36. The Bertz CT molecular complexity index is 369. The zero-order chi connectivity index (χ0) is 11.8. The summed E-state index contributed by atoms with van der Waals surface area (Å²) in [6.07, 6.45) is 4.38. The Morgan fingerprint density at radius 1 is 1.50 bits per heavy atom. The molecule has 0 aliphatic heterocycles. The van der Waals surface area contributed by atoms with Gasteiger partial charge in [-0.1, -0.05) is 18.2 Å². The average molecular weight is 220 g/mol. The zero-order valence-electron chi connectivity index (χ0n) is 9.35. The number of hydrogen-bond acceptors (Lipinski definition) is 2. The standard InChI is InChI=1S/C13H16O3/c1-2-16-12-8-5-7-11(10-12)6-3-4-9-13(14)15/h4-5,7-10H,2-3,6H2,1H3,(H,14,15)/b9-4+. The lowest BCUT2D eigenvalue weighted by Gasteiger charge is -2.04. The molecule has 1 rings (SSSR count). The fourth-order valence-corrected chi connectivity index (χ4v) is 1.39. The van der Waals surface area contributed by atoms with Crippen LogP contribution in [0, 0.1) is 0 Å². The van der Waals surface area contributed by atoms with E-state index in [1.54, 1.807) is 6.08 Å². The highest BCUT2D eigenvalue weighted by Gasteiger charge is 1.95. The van der Waals surface area contributed by atoms with Gasteiger partial charge >= 0.3 is 5.97 Å². The Morgan fingerprint density at radius 3 is 3.00 bits per heavy atom. The number of benzene rings is 1. The predicted molar refractivity (Wildman–Crippen MR) is 62.7 cm³/mol. The number of rotatable bonds is 6. The second-order valence-electron chi connectivity index (χ2n) is 3.36. The van der Waals surface area contributed by atoms with Gasteiger partial charge in [0, 0.05) is 6.08 Å². The van der Waals surface area contributed by atoms with Crippen molar-refractivity contribution in [3.8, 4) is 5.75 Å². The summed E-state index contributed by atoms with van der Waals surface area (Å²) < 4.78 is 5.38. The van der Waals surface area contributed by atoms with Crippen LogP contribution in [-0.4, -0.2) is 17.7 Å². The first-order valence-corrected chi connectivity index (χ1v) is 5.33. The molecule has 0 aromatic heterocycles. The van der Waals surface area contributed by atoms with Crippen LogP contribution in [0.4, 0.5) is 0 Å². The van der Waals surface area contributed by atoms with Crippen molar-refractivity contribution in [3.05, 3.63) is 42.0 Å². The Hall–Kier alpha value is -1.77. The molecule has 0 saturated heterocycles. The van der Waals surface area contributed by atoms with E-state index in [2.05, 4.69) is 0 Å². The van der Waals surface area contributed by atoms with Crippen LogP contribution in [0.5, 0.6) is 5.75 Å². The van der Waals surface area contributed by atoms with E-state index in [-0.39, 0.29) is 0 Å². The lowest BCUT2D eigenvalue weighted by Crippen LogP contribution is -1.92. The number of aryl methyl sites for hydroxylation is 1. The fourth-order valence-electron chi connectivity index (χ4n) is 1.39. The smallest absolute Gasteiger partial charge is 0.327 e. The van der Waals surface area contributed by atoms with Gasteiger partial charge in [-0.15, -0.1) is 0 Å². The number of ether oxygens (including phenoxy) is 1. The summed E-state index contributed by atoms with van der Waals surface area (Å²) in [7, 11) is 0. The van der Waals surface area contributed by atoms with Crippen molar-refractivity contribution in [2.24, 2.45) is 0 Å². The summed E-state index contributed by atoms with van der Waals surface area (Å²) in [5.74, 6) is -0.0368. The quantitative estimate of drug-likeness (QED) is 0.750. The maximum absolute atomic E-state index is 10.2. The minimum atomic E-state index is -0.900. The normalized spacial score (nSPS) is 10.6. The van der Waals surface area contributed by atoms with Crippen LogP contribution in [-0.2, 0) is 11.2 Å². The SMILES string of the molecule is CCOc1cccc(CC/C=C/C(=O)O)c1. The molecule has 0 aliphatic rings. The summed E-state index contributed by atoms with van der Waals surface area (Å²) in [6.45, 7) is 2.60. The number of hydrogen-bond donors (Lipinski definition) is 1. The Balaban J connectivity index is 2.47. The van der Waals surface area contributed by atoms with E-state index in [1.807, 2.05) is 31.2 Å². The van der Waals surface area contributed by atoms with Gasteiger partial charge in [0.25, 0.3) is 0 Å². The third-order valence-corrected chi connectivity index (χ3v) is 2.07. The number of allylic oxidation sites excluding steroid dienone is 1. The molecule has 0 radical (unpaired) electrons. The molecule has 0 bridgehead atoms. The average Bonchev–Trinajstić information content (AvgIpc) is 2.25. The van der Waals surface area contributed by atoms with Gasteiger partial charge in [-0.25, -0.2) is 4.79 Å². The lowest BCUT2D eigenvalue weighted by molar-refractivity contribution is -0.131. The molecule has 1 aromatic rings. The van der Waals surface area contributed by atoms with E-state index in [9.17, 15) is 4.79 Å². The van der Waals surface area contributed by atoms with Crippen molar-refractivity contribution in [2.75, 3.05) is 6.61 Å². The van der Waals surface area contributed by atoms with Crippen LogP contribution in [0.3, 0.4) is 0 Å². The highest BCUT2D eigenvalue weighted by Crippen LogP contribution is 2.14. The molecule has 1 N–H and O–H groups in total. The molecule has 0 heterocycles. The molecule has 0 amide bonds. The minimum Gasteiger partial charge on any atom is -0.494 e. The van der Waals surface area contributed by atoms with Crippen LogP contribution in [0.15, 0.2) is 36.4 Å². The van der Waals surface area contributed by atoms with Gasteiger partial charge in [0.2, 0.25) is 0 Å². The fraction of sp³-hybridized carbons (Fsp3) is 0.308. The van der Waals surface area contributed by atoms with Crippen molar-refractivity contribution in [2.45, 2.75) is 19.8 Å². The largest absolute Gasteiger partial charge is 0.494 e. The molecule has 3 nitrogen and oxygen atoms in total. The first kappa shape index (κ1) is 12.3. The Morgan fingerprint density at radius 2 is 2.31 bits per heavy atom. The van der Waals surface area contributed by atoms with Crippen molar-refractivity contribution in [1.29, 1.82) is 0 Å². The maximum Gasteiger partial charge on any atom is 0.327 e. The van der Waals surface area contributed by atoms with Gasteiger partial charge < -0.3 is 9.84 Å². The van der Waals surface area contributed by atoms with Crippen LogP contribution in [0.25, 0.3) is 0 Å². The van der Waals surface area contributed by atoms with E-state index < -0.39 is 5.97 Å². The van der Waals surface area contributed by atoms with Crippen molar-refractivity contribution < 1.29 is 14.6 Å². The van der Waals surface area contributed by atoms with Crippen LogP contribution in [0.2, 0.25) is 0 Å². The molecule has 16 heavy (non-hydrogen) atoms. The minimum absolute atomic E-state index is 0.655. The molecule has 0 aliphatic carbocycles. The summed E-state index contributed by atoms with van der Waals surface area (Å²) >= 11 is 0. The number of carboxylic acids is 1. The van der Waals surface area contributed by atoms with Crippen molar-refractivity contribution >= 4 is 5.97 Å². The van der Waals surface area contributed by atoms with E-state index >= 15 is 0 Å². The summed E-state index contributed by atoms with van der Waals surface area (Å²) in [4.78, 5) is 10.2. The lowest BCUT2D eigenvalue weighted by atomic mass is 10.1. The van der Waals surface area contributed by atoms with Gasteiger partial charge in [-0.2, -0.15) is 0 Å². The molecule has 0 fully saturated rings. The van der Waals surface area contributed by atoms with Gasteiger partial charge in [0.05, 0.1) is 6.61 Å². The van der Waals surface area contributed by atoms with Gasteiger partial charge in [-0.05, 0) is 37.5 Å². The highest BCUT2D eigenvalue weighted by molar-refractivity contribution is 5.79. The molecule has 0 unspecified atom stereocenters. The zero-order valence-corrected chi connectivity index (χ0v) is 9.35. The molecular formula is C13H16O3. The summed E-state index contributed by atoms with van der Waals surface area (Å²) in [6, 6.07) is 7.86. The molecule has 0 saturated carbocycles. The molecule has 0 atom stereocenters. The van der Waals surface area contributed by atoms with Gasteiger partial charge in [0.15, 0.2) is 0 Å². The monoisotopic (exact) mass is 220 g/mol. The van der Waals surface area contributed by atoms with Gasteiger partial charge in [0.1, 0.15) is 5.75 Å². The van der Waals surface area contributed by atoms with E-state index in [4.69, 9.17) is 9.84 Å². The predicted octanol–water partition coefficient (Wildman–Crippen LogP) is 2.66. The summed E-state index contributed by atoms with van der Waals surface area (Å²) in [5, 5.41) is 8.42. The molecule has 3 heteroatoms. The van der Waals surface area contributed by atoms with E-state index in [0.29, 0.717) is 6.61 Å². The number of aliphatic carboxylic acids is 1. The second kappa shape index (κ2) is 6.67. The number of carbonyl (C=O) groups is 1. The van der Waals surface area contributed by atoms with Gasteiger partial charge in [-0.3, -0.25) is 0 Å². The first-order chi connectivity index (χ1) is 7.72. The maximum atomic E-state index is 10.2. The molecule has 1 aromatic carbocycles. The topological polar surface area (TPSA) is 46.5 Å². The molecule has 86 valence electrons.